The average molecular weight is 174 g/mol. The molecule has 1 fully saturated rings. The van der Waals surface area contributed by atoms with E-state index < -0.39 is 5.97 Å². The number of rotatable bonds is 1. The highest BCUT2D eigenvalue weighted by Gasteiger charge is 2.40. The highest BCUT2D eigenvalue weighted by Crippen LogP contribution is 2.21. The average Bonchev–Trinajstić information content (AvgIpc) is 1.82. The van der Waals surface area contributed by atoms with Crippen LogP contribution in [-0.4, -0.2) is 53.5 Å². The Kier molecular flexibility index (Phi) is 2.39. The lowest BCUT2D eigenvalue weighted by Crippen LogP contribution is -2.59. The molecule has 4 nitrogen and oxygen atoms in total. The Morgan fingerprint density at radius 3 is 2.42 bits per heavy atom. The minimum absolute atomic E-state index is 0.337. The van der Waals surface area contributed by atoms with Gasteiger partial charge in [-0.15, -0.1) is 0 Å². The molecule has 0 saturated carbocycles. The van der Waals surface area contributed by atoms with Crippen LogP contribution in [0.3, 0.4) is 0 Å². The Bertz CT molecular complexity index is 191. The molecular weight excluding hydrogens is 158 g/mol. The molecule has 0 aromatic carbocycles. The minimum atomic E-state index is -0.757. The predicted octanol–water partition coefficient (Wildman–Crippen LogP) is -0.329. The van der Waals surface area contributed by atoms with E-state index in [9.17, 15) is 9.90 Å². The summed E-state index contributed by atoms with van der Waals surface area (Å²) in [4.78, 5) is 10.8. The Hall–Kier alpha value is -0.610. The van der Waals surface area contributed by atoms with E-state index in [-0.39, 0.29) is 12.1 Å². The van der Waals surface area contributed by atoms with Gasteiger partial charge in [0, 0.05) is 6.42 Å². The molecule has 0 spiro atoms. The van der Waals surface area contributed by atoms with Crippen LogP contribution >= 0.6 is 0 Å². The second-order valence-electron chi connectivity index (χ2n) is 4.05. The normalized spacial score (nSPS) is 34.6. The van der Waals surface area contributed by atoms with E-state index in [1.165, 1.54) is 0 Å². The zero-order chi connectivity index (χ0) is 9.35. The van der Waals surface area contributed by atoms with Gasteiger partial charge < -0.3 is 14.7 Å². The van der Waals surface area contributed by atoms with E-state index in [1.54, 1.807) is 0 Å². The van der Waals surface area contributed by atoms with Gasteiger partial charge >= 0.3 is 5.97 Å². The van der Waals surface area contributed by atoms with Crippen LogP contribution in [0.5, 0.6) is 0 Å². The van der Waals surface area contributed by atoms with E-state index >= 15 is 0 Å². The molecule has 1 saturated heterocycles. The van der Waals surface area contributed by atoms with Gasteiger partial charge in [-0.1, -0.05) is 0 Å². The lowest BCUT2D eigenvalue weighted by atomic mass is 9.98. The molecule has 1 rings (SSSR count). The summed E-state index contributed by atoms with van der Waals surface area (Å²) < 4.78 is 0.385. The summed E-state index contributed by atoms with van der Waals surface area (Å²) in [5.74, 6) is -0.757. The lowest BCUT2D eigenvalue weighted by molar-refractivity contribution is -0.914. The molecule has 12 heavy (non-hydrogen) atoms. The number of likely N-dealkylation sites (tertiary alicyclic amines) is 1. The molecule has 70 valence electrons. The van der Waals surface area contributed by atoms with Crippen molar-refractivity contribution >= 4 is 5.97 Å². The highest BCUT2D eigenvalue weighted by atomic mass is 16.4. The Labute approximate surface area is 72.0 Å². The number of aliphatic carboxylic acids is 1. The first-order valence-corrected chi connectivity index (χ1v) is 4.17. The van der Waals surface area contributed by atoms with E-state index in [4.69, 9.17) is 5.11 Å². The standard InChI is InChI=1S/C8H15NO3/c1-9(2)5-6(10)3-4-7(9)8(11)12/h6-7,10H,3-5H2,1-2H3/p+1/t6-,7+/m1/s1. The molecule has 4 heteroatoms. The summed E-state index contributed by atoms with van der Waals surface area (Å²) in [7, 11) is 3.70. The van der Waals surface area contributed by atoms with Gasteiger partial charge in [0.05, 0.1) is 14.1 Å². The summed E-state index contributed by atoms with van der Waals surface area (Å²) >= 11 is 0. The first-order valence-electron chi connectivity index (χ1n) is 4.17. The fourth-order valence-corrected chi connectivity index (χ4v) is 1.88. The number of aliphatic hydroxyl groups is 1. The van der Waals surface area contributed by atoms with Crippen LogP contribution in [0, 0.1) is 0 Å². The number of carboxylic acids is 1. The van der Waals surface area contributed by atoms with E-state index in [2.05, 4.69) is 0 Å². The Morgan fingerprint density at radius 1 is 1.42 bits per heavy atom. The molecule has 0 aromatic heterocycles. The highest BCUT2D eigenvalue weighted by molar-refractivity contribution is 5.72. The van der Waals surface area contributed by atoms with Crippen LogP contribution in [0.15, 0.2) is 0 Å². The maximum absolute atomic E-state index is 10.8. The van der Waals surface area contributed by atoms with Crippen molar-refractivity contribution in [2.45, 2.75) is 25.0 Å². The summed E-state index contributed by atoms with van der Waals surface area (Å²) in [6, 6.07) is -0.353. The van der Waals surface area contributed by atoms with Crippen molar-refractivity contribution in [1.82, 2.24) is 0 Å². The van der Waals surface area contributed by atoms with Crippen molar-refractivity contribution < 1.29 is 19.5 Å². The zero-order valence-corrected chi connectivity index (χ0v) is 7.53. The molecule has 0 unspecified atom stereocenters. The second-order valence-corrected chi connectivity index (χ2v) is 4.05. The third-order valence-electron chi connectivity index (χ3n) is 2.58. The summed E-state index contributed by atoms with van der Waals surface area (Å²) in [5, 5.41) is 18.2. The predicted molar refractivity (Wildman–Crippen MR) is 43.6 cm³/mol. The molecule has 0 radical (unpaired) electrons. The van der Waals surface area contributed by atoms with E-state index in [0.717, 1.165) is 0 Å². The third-order valence-corrected chi connectivity index (χ3v) is 2.58. The van der Waals surface area contributed by atoms with Gasteiger partial charge in [-0.2, -0.15) is 0 Å². The molecule has 0 amide bonds. The number of quaternary nitrogens is 1. The maximum atomic E-state index is 10.8. The Morgan fingerprint density at radius 2 is 2.00 bits per heavy atom. The number of carboxylic acid groups (broad SMARTS) is 1. The molecule has 0 bridgehead atoms. The molecular formula is C8H16NO3+. The van der Waals surface area contributed by atoms with Gasteiger partial charge in [-0.25, -0.2) is 4.79 Å². The van der Waals surface area contributed by atoms with Gasteiger partial charge in [0.1, 0.15) is 12.6 Å². The quantitative estimate of drug-likeness (QED) is 0.535. The molecule has 1 aliphatic rings. The Balaban J connectivity index is 2.70. The van der Waals surface area contributed by atoms with E-state index in [1.807, 2.05) is 14.1 Å². The molecule has 2 N–H and O–H groups in total. The number of hydrogen-bond donors (Lipinski definition) is 2. The van der Waals surface area contributed by atoms with Gasteiger partial charge in [-0.05, 0) is 6.42 Å². The third kappa shape index (κ3) is 1.76. The van der Waals surface area contributed by atoms with Crippen molar-refractivity contribution in [2.75, 3.05) is 20.6 Å². The molecule has 1 aliphatic heterocycles. The van der Waals surface area contributed by atoms with E-state index in [0.29, 0.717) is 23.9 Å². The molecule has 0 aromatic rings. The van der Waals surface area contributed by atoms with Crippen LogP contribution < -0.4 is 0 Å². The van der Waals surface area contributed by atoms with Crippen LogP contribution in [0.2, 0.25) is 0 Å². The number of aliphatic hydroxyl groups excluding tert-OH is 1. The summed E-state index contributed by atoms with van der Waals surface area (Å²) in [5.41, 5.74) is 0. The first-order chi connectivity index (χ1) is 5.43. The fraction of sp³-hybridized carbons (Fsp3) is 0.875. The molecule has 2 atom stereocenters. The van der Waals surface area contributed by atoms with Gasteiger partial charge in [0.15, 0.2) is 6.04 Å². The van der Waals surface area contributed by atoms with Gasteiger partial charge in [0.25, 0.3) is 0 Å². The number of piperidine rings is 1. The monoisotopic (exact) mass is 174 g/mol. The summed E-state index contributed by atoms with van der Waals surface area (Å²) in [6.07, 6.45) is 0.845. The molecule has 0 aliphatic carbocycles. The fourth-order valence-electron chi connectivity index (χ4n) is 1.88. The van der Waals surface area contributed by atoms with Crippen molar-refractivity contribution in [1.29, 1.82) is 0 Å². The maximum Gasteiger partial charge on any atom is 0.362 e. The topological polar surface area (TPSA) is 57.5 Å². The van der Waals surface area contributed by atoms with Crippen LogP contribution in [0.1, 0.15) is 12.8 Å². The van der Waals surface area contributed by atoms with Crippen molar-refractivity contribution in [3.63, 3.8) is 0 Å². The molecule has 1 heterocycles. The van der Waals surface area contributed by atoms with Gasteiger partial charge in [0.2, 0.25) is 0 Å². The minimum Gasteiger partial charge on any atom is -0.477 e. The van der Waals surface area contributed by atoms with Crippen molar-refractivity contribution in [2.24, 2.45) is 0 Å². The smallest absolute Gasteiger partial charge is 0.362 e. The largest absolute Gasteiger partial charge is 0.477 e. The van der Waals surface area contributed by atoms with Gasteiger partial charge in [-0.3, -0.25) is 0 Å². The van der Waals surface area contributed by atoms with Crippen LogP contribution in [-0.2, 0) is 4.79 Å². The summed E-state index contributed by atoms with van der Waals surface area (Å²) in [6.45, 7) is 0.539. The number of carbonyl (C=O) groups is 1. The number of likely N-dealkylation sites (N-methyl/N-ethyl adjacent to an activating group) is 1. The first kappa shape index (κ1) is 9.48. The number of nitrogens with zero attached hydrogens (tertiary/aromatic N) is 1. The SMILES string of the molecule is C[N+]1(C)C[C@H](O)CC[C@H]1C(=O)O. The second kappa shape index (κ2) is 3.03. The van der Waals surface area contributed by atoms with Crippen LogP contribution in [0.25, 0.3) is 0 Å². The number of hydrogen-bond acceptors (Lipinski definition) is 2. The van der Waals surface area contributed by atoms with Crippen molar-refractivity contribution in [3.8, 4) is 0 Å². The van der Waals surface area contributed by atoms with Crippen LogP contribution in [0.4, 0.5) is 0 Å². The lowest BCUT2D eigenvalue weighted by Gasteiger charge is -2.40. The zero-order valence-electron chi connectivity index (χ0n) is 7.53. The van der Waals surface area contributed by atoms with Crippen molar-refractivity contribution in [3.05, 3.63) is 0 Å².